The highest BCUT2D eigenvalue weighted by atomic mass is 16.3. The Labute approximate surface area is 139 Å². The molecule has 5 heteroatoms. The second kappa shape index (κ2) is 5.62. The molecule has 3 N–H and O–H groups in total. The lowest BCUT2D eigenvalue weighted by molar-refractivity contribution is -0.134. The molecule has 5 nitrogen and oxygen atoms in total. The molecule has 24 heavy (non-hydrogen) atoms. The lowest BCUT2D eigenvalue weighted by Gasteiger charge is -2.21. The molecule has 4 rings (SSSR count). The summed E-state index contributed by atoms with van der Waals surface area (Å²) in [7, 11) is 0. The first-order valence-electron chi connectivity index (χ1n) is 7.89. The van der Waals surface area contributed by atoms with Gasteiger partial charge in [-0.05, 0) is 18.2 Å². The van der Waals surface area contributed by atoms with Gasteiger partial charge in [0.15, 0.2) is 5.60 Å². The number of aliphatic hydroxyl groups is 1. The molecule has 1 atom stereocenters. The molecule has 0 spiro atoms. The number of nitrogens with one attached hydrogen (secondary N) is 2. The number of rotatable bonds is 4. The maximum Gasteiger partial charge on any atom is 0.261 e. The van der Waals surface area contributed by atoms with Crippen LogP contribution in [0.2, 0.25) is 0 Å². The molecule has 0 saturated carbocycles. The lowest BCUT2D eigenvalue weighted by atomic mass is 9.92. The number of para-hydroxylation sites is 2. The zero-order chi connectivity index (χ0) is 16.6. The minimum Gasteiger partial charge on any atom is -0.384 e. The topological polar surface area (TPSA) is 74.2 Å². The number of amides is 1. The van der Waals surface area contributed by atoms with Crippen LogP contribution in [0, 0.1) is 0 Å². The van der Waals surface area contributed by atoms with Crippen LogP contribution in [0.3, 0.4) is 0 Å². The van der Waals surface area contributed by atoms with Gasteiger partial charge in [0.05, 0.1) is 5.52 Å². The predicted octanol–water partition coefficient (Wildman–Crippen LogP) is 2.88. The van der Waals surface area contributed by atoms with Gasteiger partial charge in [-0.2, -0.15) is 0 Å². The fraction of sp³-hybridized carbons (Fsp3) is 0.158. The van der Waals surface area contributed by atoms with E-state index in [0.29, 0.717) is 17.8 Å². The van der Waals surface area contributed by atoms with Crippen LogP contribution in [0.1, 0.15) is 12.0 Å². The van der Waals surface area contributed by atoms with Crippen molar-refractivity contribution in [2.24, 2.45) is 0 Å². The first-order valence-corrected chi connectivity index (χ1v) is 7.89. The first kappa shape index (κ1) is 14.7. The molecule has 1 aliphatic heterocycles. The summed E-state index contributed by atoms with van der Waals surface area (Å²) in [5.41, 5.74) is 1.67. The monoisotopic (exact) mass is 319 g/mol. The highest BCUT2D eigenvalue weighted by Gasteiger charge is 2.44. The largest absolute Gasteiger partial charge is 0.384 e. The summed E-state index contributed by atoms with van der Waals surface area (Å²) in [6, 6.07) is 17.0. The molecule has 0 fully saturated rings. The van der Waals surface area contributed by atoms with Gasteiger partial charge in [0.25, 0.3) is 5.91 Å². The fourth-order valence-corrected chi connectivity index (χ4v) is 3.18. The summed E-state index contributed by atoms with van der Waals surface area (Å²) in [6.07, 6.45) is 2.03. The zero-order valence-electron chi connectivity index (χ0n) is 13.0. The number of nitrogens with zero attached hydrogens (tertiary/aromatic N) is 1. The van der Waals surface area contributed by atoms with Gasteiger partial charge in [-0.25, -0.2) is 0 Å². The van der Waals surface area contributed by atoms with E-state index < -0.39 is 5.60 Å². The Morgan fingerprint density at radius 1 is 1.08 bits per heavy atom. The summed E-state index contributed by atoms with van der Waals surface area (Å²) in [5.74, 6) is -0.370. The second-order valence-corrected chi connectivity index (χ2v) is 5.91. The average Bonchev–Trinajstić information content (AvgIpc) is 2.86. The van der Waals surface area contributed by atoms with Crippen LogP contribution in [0.25, 0.3) is 10.9 Å². The van der Waals surface area contributed by atoms with Crippen LogP contribution in [0.5, 0.6) is 0 Å². The van der Waals surface area contributed by atoms with Crippen LogP contribution < -0.4 is 10.6 Å². The van der Waals surface area contributed by atoms with Crippen molar-refractivity contribution < 1.29 is 9.90 Å². The van der Waals surface area contributed by atoms with Crippen molar-refractivity contribution in [3.63, 3.8) is 0 Å². The van der Waals surface area contributed by atoms with Gasteiger partial charge in [-0.15, -0.1) is 0 Å². The predicted molar refractivity (Wildman–Crippen MR) is 93.8 cm³/mol. The molecule has 0 saturated heterocycles. The zero-order valence-corrected chi connectivity index (χ0v) is 13.0. The molecule has 2 aromatic carbocycles. The van der Waals surface area contributed by atoms with Crippen LogP contribution in [-0.2, 0) is 10.4 Å². The highest BCUT2D eigenvalue weighted by molar-refractivity contribution is 6.04. The van der Waals surface area contributed by atoms with E-state index in [2.05, 4.69) is 15.6 Å². The third kappa shape index (κ3) is 2.30. The number of hydrogen-bond acceptors (Lipinski definition) is 4. The van der Waals surface area contributed by atoms with Gasteiger partial charge in [0, 0.05) is 41.5 Å². The van der Waals surface area contributed by atoms with E-state index in [1.54, 1.807) is 18.3 Å². The Balaban J connectivity index is 1.54. The van der Waals surface area contributed by atoms with Crippen molar-refractivity contribution >= 4 is 28.2 Å². The van der Waals surface area contributed by atoms with Gasteiger partial charge < -0.3 is 15.7 Å². The highest BCUT2D eigenvalue weighted by Crippen LogP contribution is 2.38. The molecule has 0 bridgehead atoms. The molecule has 120 valence electrons. The van der Waals surface area contributed by atoms with Crippen molar-refractivity contribution in [1.82, 2.24) is 4.98 Å². The van der Waals surface area contributed by atoms with Crippen molar-refractivity contribution in [2.75, 3.05) is 17.2 Å². The summed E-state index contributed by atoms with van der Waals surface area (Å²) in [5, 5.41) is 17.9. The van der Waals surface area contributed by atoms with Gasteiger partial charge in [0.1, 0.15) is 0 Å². The Morgan fingerprint density at radius 2 is 1.88 bits per heavy atom. The second-order valence-electron chi connectivity index (χ2n) is 5.91. The third-order valence-corrected chi connectivity index (χ3v) is 4.45. The van der Waals surface area contributed by atoms with Crippen molar-refractivity contribution in [2.45, 2.75) is 12.0 Å². The van der Waals surface area contributed by atoms with Gasteiger partial charge in [-0.3, -0.25) is 9.78 Å². The molecule has 3 aromatic rings. The number of benzene rings is 2. The van der Waals surface area contributed by atoms with Crippen molar-refractivity contribution in [3.05, 3.63) is 66.4 Å². The SMILES string of the molecule is O=C1Nc2ccccc2C1(O)CCNc1ccnc2ccccc12. The molecule has 1 unspecified atom stereocenters. The minimum atomic E-state index is -1.49. The molecule has 0 radical (unpaired) electrons. The summed E-state index contributed by atoms with van der Waals surface area (Å²) >= 11 is 0. The Hall–Kier alpha value is -2.92. The van der Waals surface area contributed by atoms with Crippen LogP contribution in [-0.4, -0.2) is 22.5 Å². The molecule has 1 aliphatic rings. The molecule has 0 aliphatic carbocycles. The first-order chi connectivity index (χ1) is 11.7. The lowest BCUT2D eigenvalue weighted by Crippen LogP contribution is -2.36. The number of fused-ring (bicyclic) bond motifs is 2. The van der Waals surface area contributed by atoms with E-state index >= 15 is 0 Å². The molecule has 1 amide bonds. The average molecular weight is 319 g/mol. The maximum atomic E-state index is 12.2. The summed E-state index contributed by atoms with van der Waals surface area (Å²) in [4.78, 5) is 16.5. The number of hydrogen-bond donors (Lipinski definition) is 3. The Kier molecular flexibility index (Phi) is 3.43. The Morgan fingerprint density at radius 3 is 2.79 bits per heavy atom. The standard InChI is InChI=1S/C19H17N3O2/c23-18-19(24,14-6-2-4-8-17(14)22-18)10-12-21-16-9-11-20-15-7-3-1-5-13(15)16/h1-9,11,24H,10,12H2,(H,20,21)(H,22,23). The number of aromatic nitrogens is 1. The van der Waals surface area contributed by atoms with Crippen LogP contribution in [0.15, 0.2) is 60.8 Å². The normalized spacial score (nSPS) is 19.1. The quantitative estimate of drug-likeness (QED) is 0.691. The molecule has 2 heterocycles. The van der Waals surface area contributed by atoms with E-state index in [1.165, 1.54) is 0 Å². The molecular formula is C19H17N3O2. The number of carbonyl (C=O) groups is 1. The van der Waals surface area contributed by atoms with E-state index in [4.69, 9.17) is 0 Å². The van der Waals surface area contributed by atoms with E-state index in [9.17, 15) is 9.90 Å². The number of anilines is 2. The van der Waals surface area contributed by atoms with Gasteiger partial charge in [0.2, 0.25) is 0 Å². The number of pyridine rings is 1. The number of carbonyl (C=O) groups excluding carboxylic acids is 1. The molecular weight excluding hydrogens is 302 g/mol. The van der Waals surface area contributed by atoms with Crippen molar-refractivity contribution in [1.29, 1.82) is 0 Å². The summed E-state index contributed by atoms with van der Waals surface area (Å²) < 4.78 is 0. The smallest absolute Gasteiger partial charge is 0.261 e. The summed E-state index contributed by atoms with van der Waals surface area (Å²) in [6.45, 7) is 0.465. The van der Waals surface area contributed by atoms with E-state index in [0.717, 1.165) is 16.6 Å². The third-order valence-electron chi connectivity index (χ3n) is 4.45. The van der Waals surface area contributed by atoms with Gasteiger partial charge in [-0.1, -0.05) is 36.4 Å². The van der Waals surface area contributed by atoms with E-state index in [-0.39, 0.29) is 12.3 Å². The maximum absolute atomic E-state index is 12.2. The van der Waals surface area contributed by atoms with Crippen LogP contribution >= 0.6 is 0 Å². The van der Waals surface area contributed by atoms with Crippen LogP contribution in [0.4, 0.5) is 11.4 Å². The fourth-order valence-electron chi connectivity index (χ4n) is 3.18. The van der Waals surface area contributed by atoms with Crippen molar-refractivity contribution in [3.8, 4) is 0 Å². The van der Waals surface area contributed by atoms with E-state index in [1.807, 2.05) is 42.5 Å². The van der Waals surface area contributed by atoms with Gasteiger partial charge >= 0.3 is 0 Å². The minimum absolute atomic E-state index is 0.284. The molecule has 1 aromatic heterocycles. The Bertz CT molecular complexity index is 920.